The molecule has 1 rings (SSSR count). The molecule has 0 aliphatic carbocycles. The summed E-state index contributed by atoms with van der Waals surface area (Å²) in [5.41, 5.74) is 0. The van der Waals surface area contributed by atoms with Gasteiger partial charge in [-0.1, -0.05) is 42.9 Å². The average Bonchev–Trinajstić information content (AvgIpc) is 2.64. The molecule has 94 valence electrons. The number of hydrogen-bond donors (Lipinski definition) is 2. The Bertz CT molecular complexity index is 405. The van der Waals surface area contributed by atoms with Crippen molar-refractivity contribution in [3.05, 3.63) is 4.77 Å². The van der Waals surface area contributed by atoms with Gasteiger partial charge in [-0.25, -0.2) is 9.48 Å². The number of aromatic nitrogens is 4. The fourth-order valence-electron chi connectivity index (χ4n) is 1.53. The molecule has 1 heterocycles. The fourth-order valence-corrected chi connectivity index (χ4v) is 1.74. The maximum absolute atomic E-state index is 11.1. The Kier molecular flexibility index (Phi) is 13.5. The maximum Gasteiger partial charge on any atom is 1.00 e. The summed E-state index contributed by atoms with van der Waals surface area (Å²) in [5, 5.41) is 18.6. The number of unbranched alkanes of at least 4 members (excludes halogenated alkanes) is 3. The molecule has 0 saturated heterocycles. The van der Waals surface area contributed by atoms with Crippen LogP contribution in [0.3, 0.4) is 0 Å². The summed E-state index contributed by atoms with van der Waals surface area (Å²) in [6.07, 6.45) is 4.70. The third-order valence-electron chi connectivity index (χ3n) is 2.42. The number of carboxylic acids is 1. The van der Waals surface area contributed by atoms with Gasteiger partial charge in [0.1, 0.15) is 0 Å². The van der Waals surface area contributed by atoms with E-state index >= 15 is 0 Å². The molecule has 6 nitrogen and oxygen atoms in total. The van der Waals surface area contributed by atoms with E-state index in [1.807, 2.05) is 0 Å². The fraction of sp³-hybridized carbons (Fsp3) is 0.778. The molecular weight excluding hydrogens is 274 g/mol. The summed E-state index contributed by atoms with van der Waals surface area (Å²) in [6, 6.07) is -0.681. The molecule has 0 bridgehead atoms. The normalized spacial score (nSPS) is 11.2. The first-order valence-corrected chi connectivity index (χ1v) is 5.80. The van der Waals surface area contributed by atoms with Crippen LogP contribution in [0.15, 0.2) is 0 Å². The molecule has 0 radical (unpaired) electrons. The van der Waals surface area contributed by atoms with E-state index in [0.29, 0.717) is 6.42 Å². The molecule has 1 aromatic heterocycles. The number of nitrogens with one attached hydrogen (secondary N) is 1. The van der Waals surface area contributed by atoms with E-state index in [2.05, 4.69) is 22.4 Å². The molecule has 1 unspecified atom stereocenters. The number of hydrogen-bond acceptors (Lipinski definition) is 4. The van der Waals surface area contributed by atoms with E-state index in [4.69, 9.17) is 17.3 Å². The van der Waals surface area contributed by atoms with E-state index in [-0.39, 0.29) is 66.7 Å². The number of tetrazole rings is 1. The second-order valence-corrected chi connectivity index (χ2v) is 4.02. The Hall–Kier alpha value is 0.760. The topological polar surface area (TPSA) is 83.8 Å². The van der Waals surface area contributed by atoms with Crippen LogP contribution in [0.4, 0.5) is 0 Å². The van der Waals surface area contributed by atoms with Crippen LogP contribution in [0.25, 0.3) is 0 Å². The summed E-state index contributed by atoms with van der Waals surface area (Å²) >= 11 is 4.88. The van der Waals surface area contributed by atoms with Crippen LogP contribution in [-0.2, 0) is 4.79 Å². The van der Waals surface area contributed by atoms with Gasteiger partial charge in [-0.2, -0.15) is 5.21 Å². The number of carboxylic acid groups (broad SMARTS) is 1. The molecule has 0 aliphatic rings. The molecule has 1 atom stereocenters. The Balaban J connectivity index is -0.000000320. The van der Waals surface area contributed by atoms with Crippen LogP contribution >= 0.6 is 12.2 Å². The molecule has 0 saturated carbocycles. The Morgan fingerprint density at radius 3 is 2.61 bits per heavy atom. The van der Waals surface area contributed by atoms with Crippen LogP contribution in [0, 0.1) is 4.77 Å². The number of nitrogens with zero attached hydrogens (tertiary/aromatic N) is 3. The number of rotatable bonds is 7. The third kappa shape index (κ3) is 6.79. The first-order valence-electron chi connectivity index (χ1n) is 5.39. The zero-order chi connectivity index (χ0) is 12.0. The summed E-state index contributed by atoms with van der Waals surface area (Å²) in [6.45, 7) is 2.11. The second-order valence-electron chi connectivity index (χ2n) is 3.66. The van der Waals surface area contributed by atoms with Crippen molar-refractivity contribution in [2.24, 2.45) is 0 Å². The van der Waals surface area contributed by atoms with Gasteiger partial charge >= 0.3 is 65.1 Å². The van der Waals surface area contributed by atoms with E-state index in [1.165, 1.54) is 4.68 Å². The first kappa shape index (κ1) is 21.1. The molecule has 1 aromatic rings. The van der Waals surface area contributed by atoms with Crippen LogP contribution < -0.4 is 59.1 Å². The van der Waals surface area contributed by atoms with Crippen molar-refractivity contribution < 1.29 is 71.9 Å². The van der Waals surface area contributed by atoms with Gasteiger partial charge in [-0.3, -0.25) is 0 Å². The van der Waals surface area contributed by atoms with Gasteiger partial charge in [0.2, 0.25) is 4.77 Å². The van der Waals surface area contributed by atoms with Crippen molar-refractivity contribution in [1.29, 1.82) is 0 Å². The largest absolute Gasteiger partial charge is 1.00 e. The molecule has 0 amide bonds. The Morgan fingerprint density at radius 1 is 1.50 bits per heavy atom. The van der Waals surface area contributed by atoms with Gasteiger partial charge in [-0.05, 0) is 18.6 Å². The quantitative estimate of drug-likeness (QED) is 0.306. The van der Waals surface area contributed by atoms with Crippen LogP contribution in [0.5, 0.6) is 0 Å². The number of carbonyl (C=O) groups is 1. The maximum atomic E-state index is 11.1. The summed E-state index contributed by atoms with van der Waals surface area (Å²) in [7, 11) is 0. The Labute approximate surface area is 158 Å². The second kappa shape index (κ2) is 11.6. The van der Waals surface area contributed by atoms with Crippen molar-refractivity contribution in [2.45, 2.75) is 45.1 Å². The van der Waals surface area contributed by atoms with Crippen LogP contribution in [0.1, 0.15) is 47.9 Å². The van der Waals surface area contributed by atoms with Gasteiger partial charge < -0.3 is 7.96 Å². The smallest absolute Gasteiger partial charge is 1.00 e. The SMILES string of the molecule is CCCCCCC(C(=O)O)n1[nH]nnc1=S.[H-].[H-].[Na+].[Na+]. The monoisotopic (exact) mass is 292 g/mol. The first-order chi connectivity index (χ1) is 7.66. The third-order valence-corrected chi connectivity index (χ3v) is 2.70. The predicted octanol–water partition coefficient (Wildman–Crippen LogP) is -3.84. The minimum Gasteiger partial charge on any atom is -1.00 e. The van der Waals surface area contributed by atoms with Gasteiger partial charge in [-0.15, -0.1) is 0 Å². The van der Waals surface area contributed by atoms with Crippen molar-refractivity contribution in [2.75, 3.05) is 0 Å². The molecule has 2 N–H and O–H groups in total. The number of aliphatic carboxylic acids is 1. The number of aromatic amines is 1. The predicted molar refractivity (Wildman–Crippen MR) is 62.9 cm³/mol. The number of H-pyrrole nitrogens is 1. The van der Waals surface area contributed by atoms with Gasteiger partial charge in [0.15, 0.2) is 6.04 Å². The molecular formula is C9H18N4Na2O2S. The van der Waals surface area contributed by atoms with E-state index in [1.54, 1.807) is 0 Å². The zero-order valence-electron chi connectivity index (χ0n) is 13.2. The summed E-state index contributed by atoms with van der Waals surface area (Å²) in [5.74, 6) is -0.904. The summed E-state index contributed by atoms with van der Waals surface area (Å²) in [4.78, 5) is 11.1. The van der Waals surface area contributed by atoms with E-state index in [0.717, 1.165) is 25.7 Å². The minimum atomic E-state index is -0.904. The minimum absolute atomic E-state index is 0. The summed E-state index contributed by atoms with van der Waals surface area (Å²) < 4.78 is 1.51. The van der Waals surface area contributed by atoms with Gasteiger partial charge in [0, 0.05) is 0 Å². The molecule has 0 fully saturated rings. The average molecular weight is 292 g/mol. The van der Waals surface area contributed by atoms with Crippen molar-refractivity contribution >= 4 is 18.2 Å². The Morgan fingerprint density at radius 2 is 2.17 bits per heavy atom. The van der Waals surface area contributed by atoms with Crippen LogP contribution in [0.2, 0.25) is 0 Å². The molecule has 18 heavy (non-hydrogen) atoms. The van der Waals surface area contributed by atoms with Crippen LogP contribution in [-0.4, -0.2) is 31.3 Å². The zero-order valence-corrected chi connectivity index (χ0v) is 16.0. The van der Waals surface area contributed by atoms with Crippen molar-refractivity contribution in [3.8, 4) is 0 Å². The standard InChI is InChI=1S/C9H16N4O2S.2Na.2H/c1-2-3-4-5-6-7(8(14)15)13-9(16)10-11-12-13;;;;/h7H,2-6H2,1H3,(H,14,15)(H,10,12,16);;;;/q;2*+1;2*-1. The molecule has 0 aromatic carbocycles. The van der Waals surface area contributed by atoms with Crippen molar-refractivity contribution in [1.82, 2.24) is 20.2 Å². The molecule has 0 spiro atoms. The van der Waals surface area contributed by atoms with E-state index in [9.17, 15) is 4.79 Å². The van der Waals surface area contributed by atoms with Gasteiger partial charge in [0.05, 0.1) is 0 Å². The van der Waals surface area contributed by atoms with Crippen molar-refractivity contribution in [3.63, 3.8) is 0 Å². The van der Waals surface area contributed by atoms with Gasteiger partial charge in [0.25, 0.3) is 0 Å². The molecule has 0 aliphatic heterocycles. The van der Waals surface area contributed by atoms with E-state index < -0.39 is 12.0 Å². The molecule has 9 heteroatoms.